The van der Waals surface area contributed by atoms with E-state index in [1.54, 1.807) is 12.1 Å². The van der Waals surface area contributed by atoms with Gasteiger partial charge in [0.15, 0.2) is 6.10 Å². The number of urea groups is 1. The number of nitrogens with zero attached hydrogens (tertiary/aromatic N) is 1. The van der Waals surface area contributed by atoms with Crippen LogP contribution in [0, 0.1) is 0 Å². The molecule has 0 saturated carbocycles. The molecule has 0 spiro atoms. The largest absolute Gasteiger partial charge is 0.449 e. The summed E-state index contributed by atoms with van der Waals surface area (Å²) in [4.78, 5) is 37.4. The van der Waals surface area contributed by atoms with E-state index in [2.05, 4.69) is 5.32 Å². The molecule has 112 valence electrons. The standard InChI is InChI=1S/C14H16N2O4S/c1-9(12(17)16-8-7-15-14(16)19)20-13(18)10-5-3-4-6-11(10)21-2/h3-6,9H,7-8H2,1-2H3,(H,15,19)/t9-/m0/s1. The Bertz CT molecular complexity index is 576. The summed E-state index contributed by atoms with van der Waals surface area (Å²) in [5.41, 5.74) is 0.413. The minimum absolute atomic E-state index is 0.293. The predicted octanol–water partition coefficient (Wildman–Crippen LogP) is 1.51. The van der Waals surface area contributed by atoms with E-state index in [-0.39, 0.29) is 0 Å². The van der Waals surface area contributed by atoms with Gasteiger partial charge in [0.25, 0.3) is 5.91 Å². The summed E-state index contributed by atoms with van der Waals surface area (Å²) in [6, 6.07) is 6.56. The summed E-state index contributed by atoms with van der Waals surface area (Å²) in [6.07, 6.45) is 0.853. The van der Waals surface area contributed by atoms with E-state index in [4.69, 9.17) is 4.74 Å². The Hall–Kier alpha value is -2.02. The number of hydrogen-bond acceptors (Lipinski definition) is 5. The monoisotopic (exact) mass is 308 g/mol. The molecule has 0 radical (unpaired) electrons. The number of thioether (sulfide) groups is 1. The highest BCUT2D eigenvalue weighted by Crippen LogP contribution is 2.21. The molecule has 1 fully saturated rings. The van der Waals surface area contributed by atoms with Gasteiger partial charge in [-0.3, -0.25) is 9.69 Å². The number of hydrogen-bond donors (Lipinski definition) is 1. The van der Waals surface area contributed by atoms with Gasteiger partial charge in [-0.25, -0.2) is 9.59 Å². The molecule has 2 rings (SSSR count). The van der Waals surface area contributed by atoms with Crippen molar-refractivity contribution < 1.29 is 19.1 Å². The van der Waals surface area contributed by atoms with E-state index in [1.165, 1.54) is 18.7 Å². The number of rotatable bonds is 4. The second-order valence-electron chi connectivity index (χ2n) is 4.47. The van der Waals surface area contributed by atoms with E-state index >= 15 is 0 Å². The summed E-state index contributed by atoms with van der Waals surface area (Å²) in [6.45, 7) is 2.18. The lowest BCUT2D eigenvalue weighted by Crippen LogP contribution is -2.41. The minimum Gasteiger partial charge on any atom is -0.449 e. The van der Waals surface area contributed by atoms with Gasteiger partial charge >= 0.3 is 12.0 Å². The molecule has 1 N–H and O–H groups in total. The highest BCUT2D eigenvalue weighted by atomic mass is 32.2. The molecule has 1 heterocycles. The first-order chi connectivity index (χ1) is 10.0. The van der Waals surface area contributed by atoms with Gasteiger partial charge < -0.3 is 10.1 Å². The lowest BCUT2D eigenvalue weighted by Gasteiger charge is -2.18. The highest BCUT2D eigenvalue weighted by Gasteiger charge is 2.32. The zero-order valence-corrected chi connectivity index (χ0v) is 12.6. The average molecular weight is 308 g/mol. The lowest BCUT2D eigenvalue weighted by atomic mass is 10.2. The Morgan fingerprint density at radius 3 is 2.71 bits per heavy atom. The molecule has 6 nitrogen and oxygen atoms in total. The smallest absolute Gasteiger partial charge is 0.340 e. The number of esters is 1. The second kappa shape index (κ2) is 6.62. The minimum atomic E-state index is -1.00. The normalized spacial score (nSPS) is 15.5. The Morgan fingerprint density at radius 1 is 1.38 bits per heavy atom. The fourth-order valence-corrected chi connectivity index (χ4v) is 2.58. The van der Waals surface area contributed by atoms with Crippen LogP contribution in [0.5, 0.6) is 0 Å². The molecule has 0 aliphatic carbocycles. The van der Waals surface area contributed by atoms with Crippen molar-refractivity contribution in [2.75, 3.05) is 19.3 Å². The van der Waals surface area contributed by atoms with Crippen molar-refractivity contribution in [2.24, 2.45) is 0 Å². The van der Waals surface area contributed by atoms with Gasteiger partial charge in [0.05, 0.1) is 5.56 Å². The van der Waals surface area contributed by atoms with Crippen LogP contribution in [0.1, 0.15) is 17.3 Å². The maximum absolute atomic E-state index is 12.1. The number of ether oxygens (including phenoxy) is 1. The molecule has 3 amide bonds. The molecule has 1 aliphatic heterocycles. The van der Waals surface area contributed by atoms with Crippen LogP contribution < -0.4 is 5.32 Å². The maximum atomic E-state index is 12.1. The van der Waals surface area contributed by atoms with Crippen LogP contribution in [0.25, 0.3) is 0 Å². The van der Waals surface area contributed by atoms with Gasteiger partial charge in [-0.05, 0) is 25.3 Å². The van der Waals surface area contributed by atoms with Gasteiger partial charge in [-0.15, -0.1) is 11.8 Å². The Kier molecular flexibility index (Phi) is 4.85. The van der Waals surface area contributed by atoms with E-state index in [9.17, 15) is 14.4 Å². The third-order valence-electron chi connectivity index (χ3n) is 3.08. The molecule has 0 aromatic heterocycles. The SMILES string of the molecule is CSc1ccccc1C(=O)O[C@@H](C)C(=O)N1CCNC1=O. The zero-order valence-electron chi connectivity index (χ0n) is 11.8. The molecule has 0 bridgehead atoms. The van der Waals surface area contributed by atoms with Crippen LogP contribution in [-0.4, -0.2) is 48.3 Å². The van der Waals surface area contributed by atoms with Gasteiger partial charge in [0, 0.05) is 18.0 Å². The van der Waals surface area contributed by atoms with Crippen LogP contribution in [0.2, 0.25) is 0 Å². The van der Waals surface area contributed by atoms with Crippen LogP contribution in [0.15, 0.2) is 29.2 Å². The van der Waals surface area contributed by atoms with Crippen LogP contribution in [0.3, 0.4) is 0 Å². The predicted molar refractivity (Wildman–Crippen MR) is 78.2 cm³/mol. The number of carbonyl (C=O) groups excluding carboxylic acids is 3. The van der Waals surface area contributed by atoms with Crippen molar-refractivity contribution in [3.63, 3.8) is 0 Å². The molecule has 1 aliphatic rings. The summed E-state index contributed by atoms with van der Waals surface area (Å²) in [7, 11) is 0. The molecular weight excluding hydrogens is 292 g/mol. The number of amides is 3. The van der Waals surface area contributed by atoms with Crippen molar-refractivity contribution in [3.8, 4) is 0 Å². The number of benzene rings is 1. The fraction of sp³-hybridized carbons (Fsp3) is 0.357. The van der Waals surface area contributed by atoms with Crippen molar-refractivity contribution in [2.45, 2.75) is 17.9 Å². The van der Waals surface area contributed by atoms with Gasteiger partial charge in [-0.1, -0.05) is 12.1 Å². The fourth-order valence-electron chi connectivity index (χ4n) is 1.99. The highest BCUT2D eigenvalue weighted by molar-refractivity contribution is 7.98. The van der Waals surface area contributed by atoms with Crippen LogP contribution in [0.4, 0.5) is 4.79 Å². The van der Waals surface area contributed by atoms with Gasteiger partial charge in [0.1, 0.15) is 0 Å². The number of carbonyl (C=O) groups is 3. The van der Waals surface area contributed by atoms with E-state index in [1.807, 2.05) is 18.4 Å². The maximum Gasteiger partial charge on any atom is 0.340 e. The molecule has 1 aromatic carbocycles. The molecule has 1 aromatic rings. The van der Waals surface area contributed by atoms with E-state index < -0.39 is 24.0 Å². The summed E-state index contributed by atoms with van der Waals surface area (Å²) in [5.74, 6) is -1.08. The first-order valence-electron chi connectivity index (χ1n) is 6.47. The molecule has 1 atom stereocenters. The van der Waals surface area contributed by atoms with Crippen LogP contribution >= 0.6 is 11.8 Å². The average Bonchev–Trinajstić information content (AvgIpc) is 2.92. The molecule has 7 heteroatoms. The second-order valence-corrected chi connectivity index (χ2v) is 5.32. The van der Waals surface area contributed by atoms with Crippen molar-refractivity contribution in [3.05, 3.63) is 29.8 Å². The van der Waals surface area contributed by atoms with E-state index in [0.717, 1.165) is 9.80 Å². The Balaban J connectivity index is 2.05. The lowest BCUT2D eigenvalue weighted by molar-refractivity contribution is -0.136. The summed E-state index contributed by atoms with van der Waals surface area (Å²) < 4.78 is 5.18. The molecule has 21 heavy (non-hydrogen) atoms. The number of imide groups is 1. The first-order valence-corrected chi connectivity index (χ1v) is 7.70. The van der Waals surface area contributed by atoms with Gasteiger partial charge in [-0.2, -0.15) is 0 Å². The first kappa shape index (κ1) is 15.4. The third kappa shape index (κ3) is 3.36. The third-order valence-corrected chi connectivity index (χ3v) is 3.88. The Labute approximate surface area is 126 Å². The van der Waals surface area contributed by atoms with Crippen molar-refractivity contribution in [1.29, 1.82) is 0 Å². The Morgan fingerprint density at radius 2 is 2.10 bits per heavy atom. The summed E-state index contributed by atoms with van der Waals surface area (Å²) >= 11 is 1.42. The van der Waals surface area contributed by atoms with Crippen molar-refractivity contribution >= 4 is 29.7 Å². The molecule has 0 unspecified atom stereocenters. The zero-order chi connectivity index (χ0) is 15.4. The molecule has 1 saturated heterocycles. The number of nitrogens with one attached hydrogen (secondary N) is 1. The quantitative estimate of drug-likeness (QED) is 0.674. The summed E-state index contributed by atoms with van der Waals surface area (Å²) in [5, 5.41) is 2.53. The van der Waals surface area contributed by atoms with E-state index in [0.29, 0.717) is 18.7 Å². The topological polar surface area (TPSA) is 75.7 Å². The van der Waals surface area contributed by atoms with Crippen LogP contribution in [-0.2, 0) is 9.53 Å². The van der Waals surface area contributed by atoms with Crippen molar-refractivity contribution in [1.82, 2.24) is 10.2 Å². The van der Waals surface area contributed by atoms with Gasteiger partial charge in [0.2, 0.25) is 0 Å². The molecular formula is C14H16N2O4S.